The summed E-state index contributed by atoms with van der Waals surface area (Å²) in [7, 11) is 0. The lowest BCUT2D eigenvalue weighted by molar-refractivity contribution is -0.154. The molecule has 0 saturated carbocycles. The molecule has 0 radical (unpaired) electrons. The third-order valence-electron chi connectivity index (χ3n) is 3.90. The molecular formula is C16H6Cl2F6N6. The molecule has 0 fully saturated rings. The highest BCUT2D eigenvalue weighted by molar-refractivity contribution is 6.38. The molecule has 6 nitrogen and oxygen atoms in total. The Morgan fingerprint density at radius 1 is 1.00 bits per heavy atom. The Balaban J connectivity index is 2.83. The average molecular weight is 467 g/mol. The van der Waals surface area contributed by atoms with Gasteiger partial charge in [0.15, 0.2) is 5.69 Å². The van der Waals surface area contributed by atoms with Crippen LogP contribution in [0.2, 0.25) is 10.0 Å². The van der Waals surface area contributed by atoms with E-state index in [2.05, 4.69) is 5.10 Å². The third-order valence-corrected chi connectivity index (χ3v) is 4.47. The maximum atomic E-state index is 13.6. The summed E-state index contributed by atoms with van der Waals surface area (Å²) in [5, 5.41) is 29.3. The number of benzene rings is 1. The molecule has 2 N–H and O–H groups in total. The highest BCUT2D eigenvalue weighted by Crippen LogP contribution is 2.45. The van der Waals surface area contributed by atoms with Gasteiger partial charge in [0.1, 0.15) is 29.4 Å². The van der Waals surface area contributed by atoms with Gasteiger partial charge in [-0.3, -0.25) is 0 Å². The van der Waals surface area contributed by atoms with Gasteiger partial charge in [-0.05, 0) is 12.1 Å². The van der Waals surface area contributed by atoms with Gasteiger partial charge in [0.05, 0.1) is 27.7 Å². The number of alkyl halides is 6. The molecule has 2 rings (SSSR count). The Labute approximate surface area is 174 Å². The lowest BCUT2D eigenvalue weighted by Crippen LogP contribution is -2.28. The van der Waals surface area contributed by atoms with Crippen LogP contribution in [0.1, 0.15) is 22.7 Å². The third kappa shape index (κ3) is 4.09. The highest BCUT2D eigenvalue weighted by Gasteiger charge is 2.50. The van der Waals surface area contributed by atoms with Crippen LogP contribution in [-0.4, -0.2) is 16.0 Å². The summed E-state index contributed by atoms with van der Waals surface area (Å²) in [6, 6.07) is 4.60. The fraction of sp³-hybridized carbons (Fsp3) is 0.250. The van der Waals surface area contributed by atoms with Crippen molar-refractivity contribution in [3.05, 3.63) is 39.0 Å². The highest BCUT2D eigenvalue weighted by atomic mass is 35.5. The van der Waals surface area contributed by atoms with Crippen LogP contribution in [0.15, 0.2) is 12.1 Å². The Morgan fingerprint density at radius 2 is 1.50 bits per heavy atom. The smallest absolute Gasteiger partial charge is 0.383 e. The number of nitrogen functional groups attached to an aromatic ring is 1. The number of nitriles is 3. The number of hydrogen-bond acceptors (Lipinski definition) is 5. The predicted octanol–water partition coefficient (Wildman–Crippen LogP) is 4.96. The number of nitrogens with two attached hydrogens (primary N) is 1. The van der Waals surface area contributed by atoms with Gasteiger partial charge < -0.3 is 5.73 Å². The monoisotopic (exact) mass is 466 g/mol. The van der Waals surface area contributed by atoms with E-state index in [4.69, 9.17) is 39.5 Å². The van der Waals surface area contributed by atoms with E-state index >= 15 is 0 Å². The molecule has 1 aromatic carbocycles. The largest absolute Gasteiger partial charge is 0.416 e. The number of hydrogen-bond donors (Lipinski definition) is 1. The van der Waals surface area contributed by atoms with Crippen LogP contribution in [0.5, 0.6) is 0 Å². The zero-order chi connectivity index (χ0) is 23.0. The van der Waals surface area contributed by atoms with Crippen LogP contribution in [0.25, 0.3) is 5.69 Å². The van der Waals surface area contributed by atoms with Crippen LogP contribution < -0.4 is 5.73 Å². The first kappa shape index (κ1) is 23.1. The minimum atomic E-state index is -5.18. The second-order valence-corrected chi connectivity index (χ2v) is 6.53. The molecule has 156 valence electrons. The molecule has 0 aliphatic carbocycles. The number of nitrogens with zero attached hydrogens (tertiary/aromatic N) is 5. The summed E-state index contributed by atoms with van der Waals surface area (Å²) in [6.45, 7) is 0. The van der Waals surface area contributed by atoms with Crippen molar-refractivity contribution in [2.45, 2.75) is 18.3 Å². The van der Waals surface area contributed by atoms with Gasteiger partial charge in [-0.15, -0.1) is 0 Å². The summed E-state index contributed by atoms with van der Waals surface area (Å²) < 4.78 is 79.9. The molecule has 0 aliphatic heterocycles. The van der Waals surface area contributed by atoms with Gasteiger partial charge in [0.25, 0.3) is 0 Å². The predicted molar refractivity (Wildman–Crippen MR) is 91.2 cm³/mol. The normalized spacial score (nSPS) is 12.9. The van der Waals surface area contributed by atoms with E-state index in [-0.39, 0.29) is 0 Å². The van der Waals surface area contributed by atoms with Gasteiger partial charge >= 0.3 is 12.4 Å². The minimum absolute atomic E-state index is 0.449. The van der Waals surface area contributed by atoms with E-state index in [1.807, 2.05) is 0 Å². The molecular weight excluding hydrogens is 461 g/mol. The Hall–Kier alpha value is -3.14. The fourth-order valence-electron chi connectivity index (χ4n) is 2.63. The Morgan fingerprint density at radius 3 is 1.87 bits per heavy atom. The number of aromatic nitrogens is 2. The lowest BCUT2D eigenvalue weighted by Gasteiger charge is -2.21. The Kier molecular flexibility index (Phi) is 6.13. The first-order valence-electron chi connectivity index (χ1n) is 7.48. The van der Waals surface area contributed by atoms with Crippen molar-refractivity contribution in [3.8, 4) is 23.9 Å². The first-order valence-corrected chi connectivity index (χ1v) is 8.24. The number of rotatable bonds is 3. The van der Waals surface area contributed by atoms with Crippen molar-refractivity contribution >= 4 is 29.0 Å². The summed E-state index contributed by atoms with van der Waals surface area (Å²) in [4.78, 5) is 0. The maximum absolute atomic E-state index is 13.6. The standard InChI is InChI=1S/C16H6Cl2F6N6/c17-8-1-7(15(19,20)21)2-9(18)13(8)30-14(28)11(10(5-27)29-30)12(16(22,23)24)6(3-25)4-26/h1-2,6,12H,28H2. The van der Waals surface area contributed by atoms with Gasteiger partial charge in [-0.25, -0.2) is 4.68 Å². The first-order chi connectivity index (χ1) is 13.8. The van der Waals surface area contributed by atoms with Crippen LogP contribution in [0, 0.1) is 39.9 Å². The van der Waals surface area contributed by atoms with E-state index < -0.39 is 62.6 Å². The van der Waals surface area contributed by atoms with E-state index in [1.165, 1.54) is 18.2 Å². The maximum Gasteiger partial charge on any atom is 0.416 e. The molecule has 1 aromatic heterocycles. The molecule has 0 amide bonds. The lowest BCUT2D eigenvalue weighted by atomic mass is 9.86. The summed E-state index contributed by atoms with van der Waals surface area (Å²) >= 11 is 11.7. The molecule has 1 heterocycles. The minimum Gasteiger partial charge on any atom is -0.383 e. The Bertz CT molecular complexity index is 1080. The fourth-order valence-corrected chi connectivity index (χ4v) is 3.28. The van der Waals surface area contributed by atoms with Crippen LogP contribution in [-0.2, 0) is 6.18 Å². The molecule has 0 bridgehead atoms. The van der Waals surface area contributed by atoms with Crippen molar-refractivity contribution in [1.82, 2.24) is 9.78 Å². The molecule has 14 heteroatoms. The molecule has 0 spiro atoms. The average Bonchev–Trinajstić information content (AvgIpc) is 2.93. The molecule has 0 aliphatic rings. The van der Waals surface area contributed by atoms with Crippen molar-refractivity contribution in [2.24, 2.45) is 5.92 Å². The van der Waals surface area contributed by atoms with Crippen LogP contribution in [0.4, 0.5) is 32.2 Å². The second-order valence-electron chi connectivity index (χ2n) is 5.71. The molecule has 1 unspecified atom stereocenters. The van der Waals surface area contributed by atoms with E-state index in [1.54, 1.807) is 0 Å². The van der Waals surface area contributed by atoms with Gasteiger partial charge in [0, 0.05) is 5.56 Å². The molecule has 30 heavy (non-hydrogen) atoms. The van der Waals surface area contributed by atoms with Crippen molar-refractivity contribution in [2.75, 3.05) is 5.73 Å². The molecule has 0 saturated heterocycles. The summed E-state index contributed by atoms with van der Waals surface area (Å²) in [5.41, 5.74) is 2.05. The van der Waals surface area contributed by atoms with E-state index in [0.717, 1.165) is 0 Å². The van der Waals surface area contributed by atoms with Crippen LogP contribution in [0.3, 0.4) is 0 Å². The number of anilines is 1. The zero-order valence-corrected chi connectivity index (χ0v) is 15.7. The second kappa shape index (κ2) is 7.94. The summed E-state index contributed by atoms with van der Waals surface area (Å²) in [5.74, 6) is -5.97. The topological polar surface area (TPSA) is 115 Å². The zero-order valence-electron chi connectivity index (χ0n) is 14.1. The molecule has 1 atom stereocenters. The SMILES string of the molecule is N#Cc1nn(-c2c(Cl)cc(C(F)(F)F)cc2Cl)c(N)c1C(C(C#N)C#N)C(F)(F)F. The summed E-state index contributed by atoms with van der Waals surface area (Å²) in [6.07, 6.45) is -10.0. The van der Waals surface area contributed by atoms with Gasteiger partial charge in [-0.2, -0.15) is 47.2 Å². The quantitative estimate of drug-likeness (QED) is 0.641. The van der Waals surface area contributed by atoms with Gasteiger partial charge in [-0.1, -0.05) is 23.2 Å². The van der Waals surface area contributed by atoms with Crippen molar-refractivity contribution < 1.29 is 26.3 Å². The van der Waals surface area contributed by atoms with Crippen LogP contribution >= 0.6 is 23.2 Å². The van der Waals surface area contributed by atoms with Crippen molar-refractivity contribution in [3.63, 3.8) is 0 Å². The van der Waals surface area contributed by atoms with E-state index in [9.17, 15) is 31.6 Å². The number of halogens is 8. The van der Waals surface area contributed by atoms with Crippen molar-refractivity contribution in [1.29, 1.82) is 15.8 Å². The van der Waals surface area contributed by atoms with Gasteiger partial charge in [0.2, 0.25) is 0 Å². The van der Waals surface area contributed by atoms with E-state index in [0.29, 0.717) is 16.8 Å². The molecule has 2 aromatic rings.